The molecule has 3 fully saturated rings. The Morgan fingerprint density at radius 2 is 1.80 bits per heavy atom. The van der Waals surface area contributed by atoms with Crippen LogP contribution in [-0.4, -0.2) is 88.9 Å². The maximum Gasteiger partial charge on any atom is 0.416 e. The van der Waals surface area contributed by atoms with Crippen molar-refractivity contribution in [3.05, 3.63) is 53.3 Å². The van der Waals surface area contributed by atoms with Crippen LogP contribution in [0.1, 0.15) is 34.3 Å². The van der Waals surface area contributed by atoms with Crippen molar-refractivity contribution in [1.29, 1.82) is 0 Å². The van der Waals surface area contributed by atoms with Gasteiger partial charge in [-0.1, -0.05) is 18.2 Å². The van der Waals surface area contributed by atoms with Crippen molar-refractivity contribution in [3.8, 4) is 0 Å². The summed E-state index contributed by atoms with van der Waals surface area (Å²) in [5, 5.41) is 4.13. The van der Waals surface area contributed by atoms with E-state index < -0.39 is 11.7 Å². The first-order valence-corrected chi connectivity index (χ1v) is 11.8. The van der Waals surface area contributed by atoms with Gasteiger partial charge < -0.3 is 14.5 Å². The molecule has 35 heavy (non-hydrogen) atoms. The Morgan fingerprint density at radius 3 is 2.57 bits per heavy atom. The largest absolute Gasteiger partial charge is 0.416 e. The Kier molecular flexibility index (Phi) is 6.30. The van der Waals surface area contributed by atoms with E-state index in [0.717, 1.165) is 32.0 Å². The second-order valence-electron chi connectivity index (χ2n) is 9.69. The molecule has 4 heterocycles. The fraction of sp³-hybridized carbons (Fsp3) is 0.542. The minimum Gasteiger partial charge on any atom is -0.378 e. The molecule has 1 atom stereocenters. The maximum atomic E-state index is 13.1. The van der Waals surface area contributed by atoms with E-state index in [1.54, 1.807) is 15.9 Å². The van der Waals surface area contributed by atoms with Gasteiger partial charge in [-0.05, 0) is 31.0 Å². The smallest absolute Gasteiger partial charge is 0.378 e. The van der Waals surface area contributed by atoms with Gasteiger partial charge in [0.2, 0.25) is 0 Å². The van der Waals surface area contributed by atoms with Crippen LogP contribution in [-0.2, 0) is 17.5 Å². The van der Waals surface area contributed by atoms with E-state index in [1.807, 2.05) is 0 Å². The number of hydrogen-bond acceptors (Lipinski definition) is 5. The summed E-state index contributed by atoms with van der Waals surface area (Å²) < 4.78 is 45.6. The molecule has 188 valence electrons. The molecular weight excluding hydrogens is 463 g/mol. The zero-order valence-electron chi connectivity index (χ0n) is 19.3. The highest BCUT2D eigenvalue weighted by molar-refractivity contribution is 5.94. The molecule has 3 aliphatic heterocycles. The summed E-state index contributed by atoms with van der Waals surface area (Å²) in [5.41, 5.74) is 0.308. The molecule has 2 amide bonds. The lowest BCUT2D eigenvalue weighted by Crippen LogP contribution is -2.40. The van der Waals surface area contributed by atoms with Crippen molar-refractivity contribution >= 4 is 11.9 Å². The van der Waals surface area contributed by atoms with E-state index >= 15 is 0 Å². The normalized spacial score (nSPS) is 23.4. The van der Waals surface area contributed by atoms with Crippen LogP contribution in [0.2, 0.25) is 0 Å². The van der Waals surface area contributed by atoms with Crippen molar-refractivity contribution in [1.82, 2.24) is 24.5 Å². The van der Waals surface area contributed by atoms with Crippen molar-refractivity contribution in [3.63, 3.8) is 0 Å². The number of morpholine rings is 1. The second-order valence-corrected chi connectivity index (χ2v) is 9.69. The first kappa shape index (κ1) is 23.8. The van der Waals surface area contributed by atoms with Gasteiger partial charge in [-0.2, -0.15) is 23.0 Å². The molecule has 0 saturated carbocycles. The molecule has 8 nitrogen and oxygen atoms in total. The molecule has 0 aliphatic carbocycles. The number of ether oxygens (including phenoxy) is 1. The average molecular weight is 492 g/mol. The number of amides is 2. The van der Waals surface area contributed by atoms with Crippen LogP contribution >= 0.6 is 0 Å². The lowest BCUT2D eigenvalue weighted by Gasteiger charge is -2.26. The zero-order chi connectivity index (χ0) is 24.6. The molecule has 0 radical (unpaired) electrons. The van der Waals surface area contributed by atoms with E-state index in [0.29, 0.717) is 57.1 Å². The van der Waals surface area contributed by atoms with Gasteiger partial charge in [0, 0.05) is 50.9 Å². The lowest BCUT2D eigenvalue weighted by atomic mass is 9.86. The predicted octanol–water partition coefficient (Wildman–Crippen LogP) is 2.94. The SMILES string of the molecule is O=C(c1cnn(C(=O)N2CCC3(CCN(Cc4cccc(C(F)(F)F)c4)C3)C2)c1)N1CCOCC1. The lowest BCUT2D eigenvalue weighted by molar-refractivity contribution is -0.137. The van der Waals surface area contributed by atoms with Crippen LogP contribution < -0.4 is 0 Å². The van der Waals surface area contributed by atoms with Crippen LogP contribution in [0.15, 0.2) is 36.7 Å². The number of benzene rings is 1. The number of carbonyl (C=O) groups excluding carboxylic acids is 2. The summed E-state index contributed by atoms with van der Waals surface area (Å²) in [6.07, 6.45) is 0.273. The molecule has 1 aromatic carbocycles. The third kappa shape index (κ3) is 5.06. The summed E-state index contributed by atoms with van der Waals surface area (Å²) in [4.78, 5) is 31.3. The highest BCUT2D eigenvalue weighted by atomic mass is 19.4. The van der Waals surface area contributed by atoms with E-state index in [4.69, 9.17) is 4.74 Å². The van der Waals surface area contributed by atoms with Gasteiger partial charge in [0.1, 0.15) is 0 Å². The molecular formula is C24H28F3N5O3. The van der Waals surface area contributed by atoms with Gasteiger partial charge in [-0.3, -0.25) is 9.69 Å². The molecule has 2 aromatic rings. The predicted molar refractivity (Wildman–Crippen MR) is 120 cm³/mol. The van der Waals surface area contributed by atoms with Crippen LogP contribution in [0.25, 0.3) is 0 Å². The fourth-order valence-corrected chi connectivity index (χ4v) is 5.33. The quantitative estimate of drug-likeness (QED) is 0.661. The minimum atomic E-state index is -4.35. The Labute approximate surface area is 201 Å². The van der Waals surface area contributed by atoms with Gasteiger partial charge in [-0.25, -0.2) is 4.79 Å². The highest BCUT2D eigenvalue weighted by Crippen LogP contribution is 2.40. The van der Waals surface area contributed by atoms with Gasteiger partial charge in [0.25, 0.3) is 5.91 Å². The van der Waals surface area contributed by atoms with E-state index in [9.17, 15) is 22.8 Å². The number of rotatable bonds is 3. The van der Waals surface area contributed by atoms with Gasteiger partial charge in [0.05, 0.1) is 30.5 Å². The number of alkyl halides is 3. The summed E-state index contributed by atoms with van der Waals surface area (Å²) in [7, 11) is 0. The summed E-state index contributed by atoms with van der Waals surface area (Å²) in [6, 6.07) is 5.20. The van der Waals surface area contributed by atoms with E-state index in [2.05, 4.69) is 10.00 Å². The number of aromatic nitrogens is 2. The Morgan fingerprint density at radius 1 is 1.03 bits per heavy atom. The third-order valence-electron chi connectivity index (χ3n) is 7.21. The molecule has 11 heteroatoms. The van der Waals surface area contributed by atoms with Gasteiger partial charge in [-0.15, -0.1) is 0 Å². The van der Waals surface area contributed by atoms with Crippen molar-refractivity contribution in [2.45, 2.75) is 25.6 Å². The Hall–Kier alpha value is -2.92. The zero-order valence-corrected chi connectivity index (χ0v) is 19.3. The monoisotopic (exact) mass is 491 g/mol. The van der Waals surface area contributed by atoms with Crippen LogP contribution in [0.4, 0.5) is 18.0 Å². The molecule has 0 N–H and O–H groups in total. The standard InChI is InChI=1S/C24H28F3N5O3/c25-24(26,27)20-3-1-2-18(12-20)14-29-6-4-23(16-29)5-7-31(17-23)22(34)32-15-19(13-28-32)21(33)30-8-10-35-11-9-30/h1-3,12-13,15H,4-11,14,16-17H2. The van der Waals surface area contributed by atoms with Crippen molar-refractivity contribution in [2.75, 3.05) is 52.5 Å². The Balaban J connectivity index is 1.18. The average Bonchev–Trinajstić information content (AvgIpc) is 3.59. The summed E-state index contributed by atoms with van der Waals surface area (Å²) in [5.74, 6) is -0.161. The molecule has 3 saturated heterocycles. The third-order valence-corrected chi connectivity index (χ3v) is 7.21. The van der Waals surface area contributed by atoms with Gasteiger partial charge >= 0.3 is 12.2 Å². The molecule has 5 rings (SSSR count). The molecule has 0 bridgehead atoms. The number of likely N-dealkylation sites (tertiary alicyclic amines) is 2. The molecule has 1 spiro atoms. The second kappa shape index (κ2) is 9.27. The minimum absolute atomic E-state index is 0.0725. The Bertz CT molecular complexity index is 1100. The molecule has 1 unspecified atom stereocenters. The highest BCUT2D eigenvalue weighted by Gasteiger charge is 2.45. The number of halogens is 3. The summed E-state index contributed by atoms with van der Waals surface area (Å²) in [6.45, 7) is 5.14. The number of carbonyl (C=O) groups is 2. The van der Waals surface area contributed by atoms with Crippen molar-refractivity contribution in [2.24, 2.45) is 5.41 Å². The van der Waals surface area contributed by atoms with E-state index in [1.165, 1.54) is 29.2 Å². The fourth-order valence-electron chi connectivity index (χ4n) is 5.33. The van der Waals surface area contributed by atoms with Crippen LogP contribution in [0.3, 0.4) is 0 Å². The van der Waals surface area contributed by atoms with Gasteiger partial charge in [0.15, 0.2) is 0 Å². The van der Waals surface area contributed by atoms with Crippen LogP contribution in [0.5, 0.6) is 0 Å². The maximum absolute atomic E-state index is 13.1. The van der Waals surface area contributed by atoms with Crippen LogP contribution in [0, 0.1) is 5.41 Å². The van der Waals surface area contributed by atoms with E-state index in [-0.39, 0.29) is 17.4 Å². The first-order valence-electron chi connectivity index (χ1n) is 11.8. The van der Waals surface area contributed by atoms with Crippen molar-refractivity contribution < 1.29 is 27.5 Å². The number of hydrogen-bond donors (Lipinski definition) is 0. The topological polar surface area (TPSA) is 70.9 Å². The molecule has 3 aliphatic rings. The summed E-state index contributed by atoms with van der Waals surface area (Å²) >= 11 is 0. The first-order chi connectivity index (χ1) is 16.7. The molecule has 1 aromatic heterocycles. The number of nitrogens with zero attached hydrogens (tertiary/aromatic N) is 5.